The molecule has 2 unspecified atom stereocenters. The van der Waals surface area contributed by atoms with Gasteiger partial charge in [-0.15, -0.1) is 0 Å². The Kier molecular flexibility index (Phi) is 3.85. The Balaban J connectivity index is 1.55. The van der Waals surface area contributed by atoms with Crippen molar-refractivity contribution in [1.82, 2.24) is 5.32 Å². The molecule has 8 heteroatoms. The van der Waals surface area contributed by atoms with Gasteiger partial charge >= 0.3 is 12.2 Å². The zero-order valence-corrected chi connectivity index (χ0v) is 13.5. The van der Waals surface area contributed by atoms with E-state index in [2.05, 4.69) is 20.9 Å². The molecular formula is C18H16F4N2O2. The zero-order valence-electron chi connectivity index (χ0n) is 13.5. The largest absolute Gasteiger partial charge is 0.507 e. The number of halogens is 4. The van der Waals surface area contributed by atoms with Crippen LogP contribution in [0.1, 0.15) is 35.3 Å². The van der Waals surface area contributed by atoms with Crippen LogP contribution in [0.2, 0.25) is 0 Å². The van der Waals surface area contributed by atoms with Gasteiger partial charge in [0.1, 0.15) is 0 Å². The molecule has 0 amide bonds. The van der Waals surface area contributed by atoms with Crippen LogP contribution in [0.15, 0.2) is 42.5 Å². The summed E-state index contributed by atoms with van der Waals surface area (Å²) in [7, 11) is 0. The highest BCUT2D eigenvalue weighted by molar-refractivity contribution is 5.45. The molecule has 0 saturated carbocycles. The van der Waals surface area contributed by atoms with Crippen molar-refractivity contribution in [3.8, 4) is 11.5 Å². The van der Waals surface area contributed by atoms with Gasteiger partial charge in [-0.2, -0.15) is 17.6 Å². The van der Waals surface area contributed by atoms with E-state index < -0.39 is 29.9 Å². The minimum Gasteiger partial charge on any atom is -0.421 e. The van der Waals surface area contributed by atoms with Crippen LogP contribution in [0.4, 0.5) is 17.6 Å². The van der Waals surface area contributed by atoms with E-state index >= 15 is 0 Å². The number of hydrogen-bond donors (Lipinski definition) is 2. The first-order chi connectivity index (χ1) is 12.3. The molecule has 0 bridgehead atoms. The topological polar surface area (TPSA) is 56.5 Å². The molecular weight excluding hydrogens is 352 g/mol. The van der Waals surface area contributed by atoms with E-state index in [9.17, 15) is 17.6 Å². The van der Waals surface area contributed by atoms with Gasteiger partial charge < -0.3 is 15.2 Å². The molecule has 2 aromatic rings. The molecule has 0 radical (unpaired) electrons. The Bertz CT molecular complexity index is 844. The van der Waals surface area contributed by atoms with Gasteiger partial charge in [-0.1, -0.05) is 30.3 Å². The summed E-state index contributed by atoms with van der Waals surface area (Å²) in [6, 6.07) is 11.8. The highest BCUT2D eigenvalue weighted by Crippen LogP contribution is 2.47. The van der Waals surface area contributed by atoms with Crippen LogP contribution in [0.3, 0.4) is 0 Å². The molecule has 2 aromatic carbocycles. The fourth-order valence-corrected chi connectivity index (χ4v) is 3.32. The number of benzene rings is 2. The smallest absolute Gasteiger partial charge is 0.421 e. The van der Waals surface area contributed by atoms with Crippen molar-refractivity contribution in [3.05, 3.63) is 59.2 Å². The van der Waals surface area contributed by atoms with Crippen molar-refractivity contribution in [1.29, 1.82) is 0 Å². The van der Waals surface area contributed by atoms with Crippen molar-refractivity contribution < 1.29 is 27.0 Å². The normalized spacial score (nSPS) is 23.3. The highest BCUT2D eigenvalue weighted by atomic mass is 19.3. The van der Waals surface area contributed by atoms with Crippen LogP contribution < -0.4 is 20.5 Å². The summed E-state index contributed by atoms with van der Waals surface area (Å²) in [6.45, 7) is 0. The SMILES string of the molecule is NC(NC1CCc2ccccc21)c1ccc2c(c1)OC(F)(F)C(F)(F)O2. The van der Waals surface area contributed by atoms with E-state index in [4.69, 9.17) is 5.73 Å². The lowest BCUT2D eigenvalue weighted by Gasteiger charge is -2.32. The second-order valence-electron chi connectivity index (χ2n) is 6.38. The van der Waals surface area contributed by atoms with Gasteiger partial charge in [-0.05, 0) is 41.7 Å². The van der Waals surface area contributed by atoms with E-state index in [0.29, 0.717) is 5.56 Å². The molecule has 4 rings (SSSR count). The van der Waals surface area contributed by atoms with Crippen molar-refractivity contribution in [2.24, 2.45) is 5.73 Å². The quantitative estimate of drug-likeness (QED) is 0.638. The number of rotatable bonds is 3. The Morgan fingerprint density at radius 2 is 1.69 bits per heavy atom. The van der Waals surface area contributed by atoms with Crippen molar-refractivity contribution in [2.45, 2.75) is 37.3 Å². The summed E-state index contributed by atoms with van der Waals surface area (Å²) in [5.41, 5.74) is 8.95. The number of fused-ring (bicyclic) bond motifs is 2. The standard InChI is InChI=1S/C18H16F4N2O2/c19-17(20)18(21,22)26-15-9-11(6-8-14(15)25-17)16(23)24-13-7-5-10-3-1-2-4-12(10)13/h1-4,6,8-9,13,16,24H,5,7,23H2. The molecule has 1 aliphatic carbocycles. The first kappa shape index (κ1) is 17.1. The Hall–Kier alpha value is -2.32. The molecule has 0 aromatic heterocycles. The second-order valence-corrected chi connectivity index (χ2v) is 6.38. The summed E-state index contributed by atoms with van der Waals surface area (Å²) in [5, 5.41) is 3.24. The first-order valence-electron chi connectivity index (χ1n) is 8.14. The third-order valence-electron chi connectivity index (χ3n) is 4.66. The lowest BCUT2D eigenvalue weighted by molar-refractivity contribution is -0.391. The maximum Gasteiger partial charge on any atom is 0.507 e. The van der Waals surface area contributed by atoms with E-state index in [1.807, 2.05) is 18.2 Å². The van der Waals surface area contributed by atoms with E-state index in [-0.39, 0.29) is 6.04 Å². The molecule has 0 spiro atoms. The number of aryl methyl sites for hydroxylation is 1. The number of alkyl halides is 4. The Labute approximate surface area is 146 Å². The maximum atomic E-state index is 13.3. The second kappa shape index (κ2) is 5.85. The number of nitrogens with two attached hydrogens (primary N) is 1. The van der Waals surface area contributed by atoms with Crippen molar-refractivity contribution >= 4 is 0 Å². The fraction of sp³-hybridized carbons (Fsp3) is 0.333. The average molecular weight is 368 g/mol. The molecule has 4 nitrogen and oxygen atoms in total. The lowest BCUT2D eigenvalue weighted by Crippen LogP contribution is -2.52. The number of ether oxygens (including phenoxy) is 2. The third kappa shape index (κ3) is 2.79. The van der Waals surface area contributed by atoms with Crippen LogP contribution in [0, 0.1) is 0 Å². The number of hydrogen-bond acceptors (Lipinski definition) is 4. The van der Waals surface area contributed by atoms with Crippen molar-refractivity contribution in [2.75, 3.05) is 0 Å². The zero-order chi connectivity index (χ0) is 18.5. The predicted octanol–water partition coefficient (Wildman–Crippen LogP) is 3.88. The van der Waals surface area contributed by atoms with Gasteiger partial charge in [0.2, 0.25) is 0 Å². The van der Waals surface area contributed by atoms with Gasteiger partial charge in [-0.3, -0.25) is 5.32 Å². The van der Waals surface area contributed by atoms with E-state index in [0.717, 1.165) is 24.5 Å². The third-order valence-corrected chi connectivity index (χ3v) is 4.66. The lowest BCUT2D eigenvalue weighted by atomic mass is 10.1. The van der Waals surface area contributed by atoms with Crippen molar-refractivity contribution in [3.63, 3.8) is 0 Å². The van der Waals surface area contributed by atoms with Gasteiger partial charge in [0.15, 0.2) is 11.5 Å². The molecule has 2 atom stereocenters. The van der Waals surface area contributed by atoms with Gasteiger partial charge in [0.05, 0.1) is 6.17 Å². The summed E-state index contributed by atoms with van der Waals surface area (Å²) >= 11 is 0. The molecule has 26 heavy (non-hydrogen) atoms. The van der Waals surface area contributed by atoms with Gasteiger partial charge in [0.25, 0.3) is 0 Å². The molecule has 3 N–H and O–H groups in total. The molecule has 138 valence electrons. The van der Waals surface area contributed by atoms with Gasteiger partial charge in [0, 0.05) is 6.04 Å². The average Bonchev–Trinajstić information content (AvgIpc) is 2.98. The van der Waals surface area contributed by atoms with Crippen LogP contribution in [0.5, 0.6) is 11.5 Å². The van der Waals surface area contributed by atoms with Crippen LogP contribution in [0.25, 0.3) is 0 Å². The molecule has 0 fully saturated rings. The number of nitrogens with one attached hydrogen (secondary N) is 1. The minimum atomic E-state index is -4.75. The van der Waals surface area contributed by atoms with E-state index in [1.54, 1.807) is 0 Å². The van der Waals surface area contributed by atoms with Crippen LogP contribution in [-0.2, 0) is 6.42 Å². The monoisotopic (exact) mass is 368 g/mol. The molecule has 0 saturated heterocycles. The highest BCUT2D eigenvalue weighted by Gasteiger charge is 2.65. The van der Waals surface area contributed by atoms with Gasteiger partial charge in [-0.25, -0.2) is 0 Å². The maximum absolute atomic E-state index is 13.3. The molecule has 2 aliphatic rings. The van der Waals surface area contributed by atoms with Crippen LogP contribution >= 0.6 is 0 Å². The Morgan fingerprint density at radius 1 is 1.00 bits per heavy atom. The summed E-state index contributed by atoms with van der Waals surface area (Å²) in [4.78, 5) is 0. The predicted molar refractivity (Wildman–Crippen MR) is 85.2 cm³/mol. The molecule has 1 aliphatic heterocycles. The summed E-state index contributed by atoms with van der Waals surface area (Å²) in [5.74, 6) is -0.925. The summed E-state index contributed by atoms with van der Waals surface area (Å²) in [6.07, 6.45) is -8.38. The fourth-order valence-electron chi connectivity index (χ4n) is 3.32. The minimum absolute atomic E-state index is 0.0279. The first-order valence-corrected chi connectivity index (χ1v) is 8.14. The Morgan fingerprint density at radius 3 is 2.46 bits per heavy atom. The summed E-state index contributed by atoms with van der Waals surface area (Å²) < 4.78 is 61.3. The van der Waals surface area contributed by atoms with Crippen LogP contribution in [-0.4, -0.2) is 12.2 Å². The molecule has 1 heterocycles. The van der Waals surface area contributed by atoms with E-state index in [1.165, 1.54) is 17.7 Å².